The van der Waals surface area contributed by atoms with Gasteiger partial charge in [-0.15, -0.1) is 0 Å². The molecule has 106 valence electrons. The number of anilines is 1. The Labute approximate surface area is 118 Å². The van der Waals surface area contributed by atoms with Crippen molar-refractivity contribution in [1.29, 1.82) is 0 Å². The smallest absolute Gasteiger partial charge is 0.272 e. The van der Waals surface area contributed by atoms with E-state index in [-0.39, 0.29) is 11.9 Å². The SMILES string of the molecule is Cc1ccc(C(C)Nc2ccnc(C(=O)N(C)C)c2)o1. The number of nitrogens with one attached hydrogen (secondary N) is 1. The van der Waals surface area contributed by atoms with Crippen molar-refractivity contribution in [2.24, 2.45) is 0 Å². The molecule has 20 heavy (non-hydrogen) atoms. The number of furan rings is 1. The van der Waals surface area contributed by atoms with Gasteiger partial charge < -0.3 is 14.6 Å². The standard InChI is InChI=1S/C15H19N3O2/c1-10-5-6-14(20-10)11(2)17-12-7-8-16-13(9-12)15(19)18(3)4/h5-9,11H,1-4H3,(H,16,17). The number of amides is 1. The molecule has 2 heterocycles. The second-order valence-corrected chi connectivity index (χ2v) is 4.94. The van der Waals surface area contributed by atoms with E-state index in [2.05, 4.69) is 10.3 Å². The minimum Gasteiger partial charge on any atom is -0.464 e. The fraction of sp³-hybridized carbons (Fsp3) is 0.333. The van der Waals surface area contributed by atoms with Gasteiger partial charge in [0.1, 0.15) is 17.2 Å². The summed E-state index contributed by atoms with van der Waals surface area (Å²) in [7, 11) is 3.41. The van der Waals surface area contributed by atoms with Gasteiger partial charge in [0.25, 0.3) is 5.91 Å². The van der Waals surface area contributed by atoms with Crippen molar-refractivity contribution < 1.29 is 9.21 Å². The van der Waals surface area contributed by atoms with Crippen molar-refractivity contribution in [3.05, 3.63) is 47.7 Å². The summed E-state index contributed by atoms with van der Waals surface area (Å²) in [4.78, 5) is 17.5. The van der Waals surface area contributed by atoms with Crippen molar-refractivity contribution in [2.75, 3.05) is 19.4 Å². The number of hydrogen-bond acceptors (Lipinski definition) is 4. The lowest BCUT2D eigenvalue weighted by Crippen LogP contribution is -2.22. The van der Waals surface area contributed by atoms with E-state index >= 15 is 0 Å². The first-order valence-electron chi connectivity index (χ1n) is 6.48. The van der Waals surface area contributed by atoms with Gasteiger partial charge in [-0.3, -0.25) is 9.78 Å². The molecule has 2 rings (SSSR count). The minimum atomic E-state index is -0.116. The van der Waals surface area contributed by atoms with Crippen molar-refractivity contribution in [3.63, 3.8) is 0 Å². The van der Waals surface area contributed by atoms with Gasteiger partial charge in [-0.05, 0) is 38.1 Å². The van der Waals surface area contributed by atoms with Gasteiger partial charge in [0.15, 0.2) is 0 Å². The highest BCUT2D eigenvalue weighted by molar-refractivity contribution is 5.92. The number of nitrogens with zero attached hydrogens (tertiary/aromatic N) is 2. The van der Waals surface area contributed by atoms with E-state index in [1.54, 1.807) is 26.4 Å². The van der Waals surface area contributed by atoms with E-state index in [4.69, 9.17) is 4.42 Å². The fourth-order valence-electron chi connectivity index (χ4n) is 1.87. The van der Waals surface area contributed by atoms with Crippen LogP contribution in [0.5, 0.6) is 0 Å². The normalized spacial score (nSPS) is 12.0. The summed E-state index contributed by atoms with van der Waals surface area (Å²) < 4.78 is 5.58. The topological polar surface area (TPSA) is 58.4 Å². The lowest BCUT2D eigenvalue weighted by Gasteiger charge is -2.14. The van der Waals surface area contributed by atoms with Gasteiger partial charge in [0.05, 0.1) is 6.04 Å². The summed E-state index contributed by atoms with van der Waals surface area (Å²) in [5.41, 5.74) is 1.26. The highest BCUT2D eigenvalue weighted by Gasteiger charge is 2.13. The van der Waals surface area contributed by atoms with Crippen LogP contribution in [0, 0.1) is 6.92 Å². The zero-order chi connectivity index (χ0) is 14.7. The number of aryl methyl sites for hydroxylation is 1. The molecule has 0 spiro atoms. The predicted molar refractivity (Wildman–Crippen MR) is 77.7 cm³/mol. The Kier molecular flexibility index (Phi) is 4.08. The average molecular weight is 273 g/mol. The Morgan fingerprint density at radius 3 is 2.70 bits per heavy atom. The lowest BCUT2D eigenvalue weighted by molar-refractivity contribution is 0.0822. The molecule has 0 aromatic carbocycles. The molecular weight excluding hydrogens is 254 g/mol. The molecule has 1 amide bonds. The van der Waals surface area contributed by atoms with Crippen molar-refractivity contribution in [2.45, 2.75) is 19.9 Å². The molecule has 0 bridgehead atoms. The molecule has 1 unspecified atom stereocenters. The van der Waals surface area contributed by atoms with Crippen LogP contribution in [0.1, 0.15) is 35.0 Å². The van der Waals surface area contributed by atoms with E-state index in [0.29, 0.717) is 5.69 Å². The van der Waals surface area contributed by atoms with Crippen LogP contribution in [0.4, 0.5) is 5.69 Å². The zero-order valence-corrected chi connectivity index (χ0v) is 12.2. The highest BCUT2D eigenvalue weighted by atomic mass is 16.3. The molecule has 0 saturated heterocycles. The highest BCUT2D eigenvalue weighted by Crippen LogP contribution is 2.21. The molecule has 1 atom stereocenters. The molecule has 0 fully saturated rings. The Hall–Kier alpha value is -2.30. The van der Waals surface area contributed by atoms with Crippen LogP contribution in [-0.2, 0) is 0 Å². The van der Waals surface area contributed by atoms with E-state index < -0.39 is 0 Å². The number of carbonyl (C=O) groups is 1. The van der Waals surface area contributed by atoms with Crippen molar-refractivity contribution in [1.82, 2.24) is 9.88 Å². The van der Waals surface area contributed by atoms with Crippen LogP contribution in [0.2, 0.25) is 0 Å². The van der Waals surface area contributed by atoms with Crippen LogP contribution in [0.15, 0.2) is 34.9 Å². The quantitative estimate of drug-likeness (QED) is 0.930. The van der Waals surface area contributed by atoms with Crippen molar-refractivity contribution in [3.8, 4) is 0 Å². The summed E-state index contributed by atoms with van der Waals surface area (Å²) in [6.45, 7) is 3.92. The van der Waals surface area contributed by atoms with Gasteiger partial charge >= 0.3 is 0 Å². The molecule has 2 aromatic rings. The molecule has 0 aliphatic rings. The Bertz CT molecular complexity index is 605. The Morgan fingerprint density at radius 1 is 1.35 bits per heavy atom. The maximum Gasteiger partial charge on any atom is 0.272 e. The summed E-state index contributed by atoms with van der Waals surface area (Å²) >= 11 is 0. The molecule has 5 nitrogen and oxygen atoms in total. The minimum absolute atomic E-state index is 0.0217. The largest absolute Gasteiger partial charge is 0.464 e. The maximum atomic E-state index is 11.9. The third-order valence-corrected chi connectivity index (χ3v) is 2.96. The number of hydrogen-bond donors (Lipinski definition) is 1. The third kappa shape index (κ3) is 3.17. The first kappa shape index (κ1) is 14.1. The fourth-order valence-corrected chi connectivity index (χ4v) is 1.87. The van der Waals surface area contributed by atoms with E-state index in [1.807, 2.05) is 32.0 Å². The molecular formula is C15H19N3O2. The van der Waals surface area contributed by atoms with E-state index in [9.17, 15) is 4.79 Å². The van der Waals surface area contributed by atoms with Crippen LogP contribution in [-0.4, -0.2) is 29.9 Å². The van der Waals surface area contributed by atoms with Gasteiger partial charge in [-0.25, -0.2) is 0 Å². The zero-order valence-electron chi connectivity index (χ0n) is 12.2. The summed E-state index contributed by atoms with van der Waals surface area (Å²) in [6.07, 6.45) is 1.62. The van der Waals surface area contributed by atoms with Gasteiger partial charge in [0, 0.05) is 26.0 Å². The molecule has 0 radical (unpaired) electrons. The third-order valence-electron chi connectivity index (χ3n) is 2.96. The molecule has 1 N–H and O–H groups in total. The average Bonchev–Trinajstić information content (AvgIpc) is 2.85. The van der Waals surface area contributed by atoms with E-state index in [1.165, 1.54) is 4.90 Å². The molecule has 2 aromatic heterocycles. The summed E-state index contributed by atoms with van der Waals surface area (Å²) in [5.74, 6) is 1.63. The van der Waals surface area contributed by atoms with Crippen LogP contribution in [0.25, 0.3) is 0 Å². The summed E-state index contributed by atoms with van der Waals surface area (Å²) in [5, 5.41) is 3.30. The number of pyridine rings is 1. The lowest BCUT2D eigenvalue weighted by atomic mass is 10.2. The maximum absolute atomic E-state index is 11.9. The van der Waals surface area contributed by atoms with Crippen molar-refractivity contribution >= 4 is 11.6 Å². The molecule has 0 aliphatic carbocycles. The number of rotatable bonds is 4. The summed E-state index contributed by atoms with van der Waals surface area (Å²) in [6, 6.07) is 7.47. The Balaban J connectivity index is 2.14. The Morgan fingerprint density at radius 2 is 2.10 bits per heavy atom. The number of aromatic nitrogens is 1. The predicted octanol–water partition coefficient (Wildman–Crippen LogP) is 2.86. The first-order valence-corrected chi connectivity index (χ1v) is 6.48. The second kappa shape index (κ2) is 5.77. The molecule has 5 heteroatoms. The van der Waals surface area contributed by atoms with Crippen LogP contribution >= 0.6 is 0 Å². The first-order chi connectivity index (χ1) is 9.47. The van der Waals surface area contributed by atoms with Gasteiger partial charge in [-0.2, -0.15) is 0 Å². The molecule has 0 aliphatic heterocycles. The number of carbonyl (C=O) groups excluding carboxylic acids is 1. The van der Waals surface area contributed by atoms with Gasteiger partial charge in [0.2, 0.25) is 0 Å². The van der Waals surface area contributed by atoms with Crippen LogP contribution in [0.3, 0.4) is 0 Å². The second-order valence-electron chi connectivity index (χ2n) is 4.94. The van der Waals surface area contributed by atoms with Crippen LogP contribution < -0.4 is 5.32 Å². The van der Waals surface area contributed by atoms with E-state index in [0.717, 1.165) is 17.2 Å². The molecule has 0 saturated carbocycles. The monoisotopic (exact) mass is 273 g/mol. The van der Waals surface area contributed by atoms with Gasteiger partial charge in [-0.1, -0.05) is 0 Å².